The molecule has 0 aliphatic heterocycles. The molecular weight excluding hydrogens is 190 g/mol. The fourth-order valence-electron chi connectivity index (χ4n) is 1.33. The molecule has 0 spiro atoms. The first-order chi connectivity index (χ1) is 6.75. The number of hydrogen-bond donors (Lipinski definition) is 2. The van der Waals surface area contributed by atoms with Crippen molar-refractivity contribution in [1.29, 1.82) is 0 Å². The maximum absolute atomic E-state index is 9.13. The van der Waals surface area contributed by atoms with E-state index < -0.39 is 0 Å². The molecule has 2 aromatic rings. The number of nitrogen functional groups attached to an aromatic ring is 1. The van der Waals surface area contributed by atoms with Crippen LogP contribution >= 0.6 is 0 Å². The number of aromatic hydroxyl groups is 1. The minimum Gasteiger partial charge on any atom is -0.508 e. The highest BCUT2D eigenvalue weighted by Gasteiger charge is 1.96. The van der Waals surface area contributed by atoms with Crippen molar-refractivity contribution in [2.24, 2.45) is 0 Å². The number of rotatable bonds is 1. The Bertz CT molecular complexity index is 377. The highest BCUT2D eigenvalue weighted by molar-refractivity contribution is 5.65. The Morgan fingerprint density at radius 2 is 1.13 bits per heavy atom. The molecule has 5 N–H and O–H groups in total. The molecule has 3 heteroatoms. The van der Waals surface area contributed by atoms with E-state index in [4.69, 9.17) is 10.8 Å². The predicted octanol–water partition coefficient (Wildman–Crippen LogP) is 1.82. The molecule has 0 heterocycles. The summed E-state index contributed by atoms with van der Waals surface area (Å²) in [5, 5.41) is 9.13. The van der Waals surface area contributed by atoms with Crippen molar-refractivity contribution < 1.29 is 10.6 Å². The lowest BCUT2D eigenvalue weighted by Crippen LogP contribution is -1.83. The van der Waals surface area contributed by atoms with Gasteiger partial charge in [-0.3, -0.25) is 0 Å². The van der Waals surface area contributed by atoms with Crippen molar-refractivity contribution in [2.75, 3.05) is 5.73 Å². The summed E-state index contributed by atoms with van der Waals surface area (Å²) in [6, 6.07) is 14.7. The maximum atomic E-state index is 9.13. The van der Waals surface area contributed by atoms with Gasteiger partial charge in [0.05, 0.1) is 0 Å². The summed E-state index contributed by atoms with van der Waals surface area (Å²) in [5.41, 5.74) is 8.51. The van der Waals surface area contributed by atoms with E-state index in [1.54, 1.807) is 12.1 Å². The molecule has 3 nitrogen and oxygen atoms in total. The Morgan fingerprint density at radius 3 is 1.60 bits per heavy atom. The van der Waals surface area contributed by atoms with E-state index >= 15 is 0 Å². The predicted molar refractivity (Wildman–Crippen MR) is 61.6 cm³/mol. The van der Waals surface area contributed by atoms with E-state index in [1.807, 2.05) is 36.4 Å². The molecule has 2 rings (SSSR count). The topological polar surface area (TPSA) is 77.8 Å². The van der Waals surface area contributed by atoms with Gasteiger partial charge in [0, 0.05) is 5.69 Å². The minimum atomic E-state index is 0. The Labute approximate surface area is 88.1 Å². The lowest BCUT2D eigenvalue weighted by atomic mass is 10.1. The molecule has 0 saturated heterocycles. The van der Waals surface area contributed by atoms with Crippen molar-refractivity contribution >= 4 is 5.69 Å². The van der Waals surface area contributed by atoms with Gasteiger partial charge in [0.1, 0.15) is 5.75 Å². The summed E-state index contributed by atoms with van der Waals surface area (Å²) in [6.45, 7) is 0. The van der Waals surface area contributed by atoms with Crippen LogP contribution in [0.2, 0.25) is 0 Å². The van der Waals surface area contributed by atoms with Gasteiger partial charge in [-0.2, -0.15) is 0 Å². The minimum absolute atomic E-state index is 0. The van der Waals surface area contributed by atoms with Crippen LogP contribution < -0.4 is 5.73 Å². The normalized spacial score (nSPS) is 9.33. The van der Waals surface area contributed by atoms with Crippen LogP contribution in [0.1, 0.15) is 0 Å². The summed E-state index contributed by atoms with van der Waals surface area (Å²) < 4.78 is 0. The molecule has 0 radical (unpaired) electrons. The van der Waals surface area contributed by atoms with Gasteiger partial charge in [0.25, 0.3) is 0 Å². The number of anilines is 1. The number of nitrogens with two attached hydrogens (primary N) is 1. The monoisotopic (exact) mass is 203 g/mol. The van der Waals surface area contributed by atoms with Crippen LogP contribution in [0.5, 0.6) is 5.75 Å². The van der Waals surface area contributed by atoms with Crippen molar-refractivity contribution in [3.63, 3.8) is 0 Å². The zero-order valence-electron chi connectivity index (χ0n) is 8.14. The largest absolute Gasteiger partial charge is 0.508 e. The van der Waals surface area contributed by atoms with Gasteiger partial charge in [0.2, 0.25) is 0 Å². The van der Waals surface area contributed by atoms with Crippen molar-refractivity contribution in [3.8, 4) is 16.9 Å². The van der Waals surface area contributed by atoms with E-state index in [2.05, 4.69) is 0 Å². The van der Waals surface area contributed by atoms with Gasteiger partial charge < -0.3 is 16.3 Å². The zero-order chi connectivity index (χ0) is 9.97. The third-order valence-electron chi connectivity index (χ3n) is 2.11. The first kappa shape index (κ1) is 11.1. The van der Waals surface area contributed by atoms with Gasteiger partial charge in [-0.05, 0) is 35.4 Å². The highest BCUT2D eigenvalue weighted by Crippen LogP contribution is 2.22. The molecule has 0 amide bonds. The van der Waals surface area contributed by atoms with Crippen LogP contribution in [-0.4, -0.2) is 10.6 Å². The first-order valence-corrected chi connectivity index (χ1v) is 4.41. The first-order valence-electron chi connectivity index (χ1n) is 4.41. The molecule has 0 bridgehead atoms. The van der Waals surface area contributed by atoms with Crippen molar-refractivity contribution in [3.05, 3.63) is 48.5 Å². The smallest absolute Gasteiger partial charge is 0.115 e. The molecule has 15 heavy (non-hydrogen) atoms. The van der Waals surface area contributed by atoms with Crippen LogP contribution in [0.3, 0.4) is 0 Å². The molecular formula is C12H13NO2. The number of benzene rings is 2. The molecule has 0 fully saturated rings. The second-order valence-electron chi connectivity index (χ2n) is 3.17. The molecule has 2 aromatic carbocycles. The van der Waals surface area contributed by atoms with Gasteiger partial charge in [-0.15, -0.1) is 0 Å². The summed E-state index contributed by atoms with van der Waals surface area (Å²) in [4.78, 5) is 0. The third-order valence-corrected chi connectivity index (χ3v) is 2.11. The average molecular weight is 203 g/mol. The van der Waals surface area contributed by atoms with E-state index in [9.17, 15) is 0 Å². The van der Waals surface area contributed by atoms with Crippen LogP contribution in [-0.2, 0) is 0 Å². The Kier molecular flexibility index (Phi) is 3.31. The van der Waals surface area contributed by atoms with Crippen LogP contribution in [0.15, 0.2) is 48.5 Å². The van der Waals surface area contributed by atoms with Crippen molar-refractivity contribution in [2.45, 2.75) is 0 Å². The standard InChI is InChI=1S/C12H11NO.H2O/c13-11-5-1-9(2-6-11)10-3-7-12(14)8-4-10;/h1-8,14H,13H2;1H2. The molecule has 0 saturated carbocycles. The lowest BCUT2D eigenvalue weighted by molar-refractivity contribution is 0.475. The van der Waals surface area contributed by atoms with Gasteiger partial charge in [0.15, 0.2) is 0 Å². The van der Waals surface area contributed by atoms with Crippen LogP contribution in [0, 0.1) is 0 Å². The Morgan fingerprint density at radius 1 is 0.733 bits per heavy atom. The van der Waals surface area contributed by atoms with Gasteiger partial charge in [-0.1, -0.05) is 24.3 Å². The molecule has 78 valence electrons. The van der Waals surface area contributed by atoms with Crippen LogP contribution in [0.4, 0.5) is 5.69 Å². The molecule has 0 unspecified atom stereocenters. The summed E-state index contributed by atoms with van der Waals surface area (Å²) in [7, 11) is 0. The van der Waals surface area contributed by atoms with Gasteiger partial charge >= 0.3 is 0 Å². The Balaban J connectivity index is 0.00000112. The average Bonchev–Trinajstić information content (AvgIpc) is 2.21. The third kappa shape index (κ3) is 2.48. The SMILES string of the molecule is Nc1ccc(-c2ccc(O)cc2)cc1.O. The number of phenolic OH excluding ortho intramolecular Hbond substituents is 1. The van der Waals surface area contributed by atoms with Gasteiger partial charge in [-0.25, -0.2) is 0 Å². The second kappa shape index (κ2) is 4.48. The second-order valence-corrected chi connectivity index (χ2v) is 3.17. The highest BCUT2D eigenvalue weighted by atomic mass is 16.3. The van der Waals surface area contributed by atoms with Crippen molar-refractivity contribution in [1.82, 2.24) is 0 Å². The van der Waals surface area contributed by atoms with E-state index in [0.717, 1.165) is 16.8 Å². The fourth-order valence-corrected chi connectivity index (χ4v) is 1.33. The summed E-state index contributed by atoms with van der Waals surface area (Å²) in [6.07, 6.45) is 0. The molecule has 0 aromatic heterocycles. The molecule has 0 aliphatic carbocycles. The van der Waals surface area contributed by atoms with E-state index in [0.29, 0.717) is 0 Å². The zero-order valence-corrected chi connectivity index (χ0v) is 8.14. The quantitative estimate of drug-likeness (QED) is 0.693. The number of hydrogen-bond acceptors (Lipinski definition) is 2. The fraction of sp³-hybridized carbons (Fsp3) is 0. The van der Waals surface area contributed by atoms with Crippen LogP contribution in [0.25, 0.3) is 11.1 Å². The molecule has 0 atom stereocenters. The molecule has 0 aliphatic rings. The Hall–Kier alpha value is -2.00. The lowest BCUT2D eigenvalue weighted by Gasteiger charge is -2.01. The maximum Gasteiger partial charge on any atom is 0.115 e. The summed E-state index contributed by atoms with van der Waals surface area (Å²) >= 11 is 0. The van der Waals surface area contributed by atoms with E-state index in [-0.39, 0.29) is 11.2 Å². The van der Waals surface area contributed by atoms with E-state index in [1.165, 1.54) is 0 Å². The summed E-state index contributed by atoms with van der Waals surface area (Å²) in [5.74, 6) is 0.282. The number of phenols is 1.